The number of nitrogens with zero attached hydrogens (tertiary/aromatic N) is 1. The van der Waals surface area contributed by atoms with E-state index in [1.807, 2.05) is 24.3 Å². The molecule has 0 spiro atoms. The van der Waals surface area contributed by atoms with Gasteiger partial charge in [0.05, 0.1) is 6.54 Å². The topological polar surface area (TPSA) is 78.9 Å². The largest absolute Gasteiger partial charge is 0.492 e. The summed E-state index contributed by atoms with van der Waals surface area (Å²) in [5.41, 5.74) is 0. The average molecular weight is 345 g/mol. The Balaban J connectivity index is 2.19. The van der Waals surface area contributed by atoms with Crippen LogP contribution in [0.15, 0.2) is 28.7 Å². The Labute approximate surface area is 125 Å². The maximum absolute atomic E-state index is 11.4. The van der Waals surface area contributed by atoms with Crippen molar-refractivity contribution >= 4 is 27.8 Å². The predicted molar refractivity (Wildman–Crippen MR) is 77.8 cm³/mol. The summed E-state index contributed by atoms with van der Waals surface area (Å²) in [6.07, 6.45) is 0. The van der Waals surface area contributed by atoms with Crippen molar-refractivity contribution in [3.05, 3.63) is 28.7 Å². The van der Waals surface area contributed by atoms with Gasteiger partial charge >= 0.3 is 5.97 Å². The Hall–Kier alpha value is -1.60. The fraction of sp³-hybridized carbons (Fsp3) is 0.385. The van der Waals surface area contributed by atoms with Crippen LogP contribution in [0.4, 0.5) is 0 Å². The number of nitrogens with one attached hydrogen (secondary N) is 1. The molecule has 0 saturated carbocycles. The van der Waals surface area contributed by atoms with Gasteiger partial charge in [0.25, 0.3) is 0 Å². The number of likely N-dealkylation sites (N-methyl/N-ethyl adjacent to an activating group) is 1. The summed E-state index contributed by atoms with van der Waals surface area (Å²) >= 11 is 3.34. The number of ether oxygens (including phenoxy) is 1. The van der Waals surface area contributed by atoms with Gasteiger partial charge in [0, 0.05) is 11.0 Å². The molecule has 0 heterocycles. The van der Waals surface area contributed by atoms with E-state index in [1.165, 1.54) is 0 Å². The van der Waals surface area contributed by atoms with E-state index in [-0.39, 0.29) is 19.0 Å². The number of carboxylic acid groups (broad SMARTS) is 1. The van der Waals surface area contributed by atoms with Crippen molar-refractivity contribution in [1.82, 2.24) is 10.2 Å². The zero-order valence-corrected chi connectivity index (χ0v) is 12.7. The van der Waals surface area contributed by atoms with Crippen molar-refractivity contribution in [3.8, 4) is 5.75 Å². The maximum Gasteiger partial charge on any atom is 0.322 e. The molecule has 0 aliphatic carbocycles. The third-order valence-corrected chi connectivity index (χ3v) is 2.93. The van der Waals surface area contributed by atoms with Crippen molar-refractivity contribution < 1.29 is 19.4 Å². The van der Waals surface area contributed by atoms with Gasteiger partial charge in [-0.05, 0) is 31.3 Å². The molecule has 0 saturated heterocycles. The Morgan fingerprint density at radius 1 is 1.35 bits per heavy atom. The first-order chi connectivity index (χ1) is 9.47. The van der Waals surface area contributed by atoms with Crippen molar-refractivity contribution in [3.63, 3.8) is 0 Å². The second-order valence-corrected chi connectivity index (χ2v) is 5.13. The number of halogens is 1. The second-order valence-electron chi connectivity index (χ2n) is 4.21. The Morgan fingerprint density at radius 2 is 2.00 bits per heavy atom. The zero-order chi connectivity index (χ0) is 15.0. The minimum atomic E-state index is -1.06. The number of benzene rings is 1. The first-order valence-electron chi connectivity index (χ1n) is 6.03. The highest BCUT2D eigenvalue weighted by molar-refractivity contribution is 9.10. The first kappa shape index (κ1) is 16.5. The molecule has 110 valence electrons. The van der Waals surface area contributed by atoms with Crippen LogP contribution in [-0.2, 0) is 9.59 Å². The van der Waals surface area contributed by atoms with E-state index in [9.17, 15) is 9.59 Å². The standard InChI is InChI=1S/C13H17BrN2O4/c1-16(9-12(17)15-8-13(18)19)6-7-20-11-4-2-10(14)3-5-11/h2-5H,6-9H2,1H3,(H,15,17)(H,18,19). The minimum absolute atomic E-state index is 0.136. The molecular weight excluding hydrogens is 328 g/mol. The quantitative estimate of drug-likeness (QED) is 0.734. The van der Waals surface area contributed by atoms with Crippen LogP contribution in [0.25, 0.3) is 0 Å². The molecule has 0 aromatic heterocycles. The Morgan fingerprint density at radius 3 is 2.60 bits per heavy atom. The molecule has 0 bridgehead atoms. The summed E-state index contributed by atoms with van der Waals surface area (Å²) < 4.78 is 6.51. The van der Waals surface area contributed by atoms with Crippen LogP contribution < -0.4 is 10.1 Å². The number of hydrogen-bond acceptors (Lipinski definition) is 4. The summed E-state index contributed by atoms with van der Waals surface area (Å²) in [5, 5.41) is 10.7. The molecule has 1 amide bonds. The fourth-order valence-electron chi connectivity index (χ4n) is 1.40. The van der Waals surface area contributed by atoms with Gasteiger partial charge < -0.3 is 15.2 Å². The Kier molecular flexibility index (Phi) is 7.03. The zero-order valence-electron chi connectivity index (χ0n) is 11.1. The SMILES string of the molecule is CN(CCOc1ccc(Br)cc1)CC(=O)NCC(=O)O. The van der Waals surface area contributed by atoms with Gasteiger partial charge in [-0.15, -0.1) is 0 Å². The third-order valence-electron chi connectivity index (χ3n) is 2.41. The number of rotatable bonds is 8. The normalized spacial score (nSPS) is 10.3. The molecule has 0 aliphatic rings. The first-order valence-corrected chi connectivity index (χ1v) is 6.82. The molecule has 1 aromatic rings. The summed E-state index contributed by atoms with van der Waals surface area (Å²) in [5.74, 6) is -0.616. The molecule has 1 aromatic carbocycles. The summed E-state index contributed by atoms with van der Waals surface area (Å²) in [6.45, 7) is 0.792. The van der Waals surface area contributed by atoms with E-state index in [0.717, 1.165) is 10.2 Å². The average Bonchev–Trinajstić information content (AvgIpc) is 2.38. The van der Waals surface area contributed by atoms with Crippen molar-refractivity contribution in [2.75, 3.05) is 33.3 Å². The third kappa shape index (κ3) is 7.10. The van der Waals surface area contributed by atoms with E-state index in [2.05, 4.69) is 21.2 Å². The molecule has 6 nitrogen and oxygen atoms in total. The van der Waals surface area contributed by atoms with E-state index in [1.54, 1.807) is 11.9 Å². The van der Waals surface area contributed by atoms with Crippen LogP contribution in [0.1, 0.15) is 0 Å². The highest BCUT2D eigenvalue weighted by Crippen LogP contribution is 2.15. The second kappa shape index (κ2) is 8.55. The molecule has 0 fully saturated rings. The predicted octanol–water partition coefficient (Wildman–Crippen LogP) is 0.960. The van der Waals surface area contributed by atoms with Crippen molar-refractivity contribution in [2.45, 2.75) is 0 Å². The highest BCUT2D eigenvalue weighted by atomic mass is 79.9. The van der Waals surface area contributed by atoms with Crippen LogP contribution in [0, 0.1) is 0 Å². The van der Waals surface area contributed by atoms with Gasteiger partial charge in [-0.25, -0.2) is 0 Å². The number of amides is 1. The Bertz CT molecular complexity index is 450. The molecular formula is C13H17BrN2O4. The number of carbonyl (C=O) groups excluding carboxylic acids is 1. The molecule has 0 unspecified atom stereocenters. The number of aliphatic carboxylic acids is 1. The van der Waals surface area contributed by atoms with E-state index >= 15 is 0 Å². The van der Waals surface area contributed by atoms with Gasteiger partial charge in [-0.2, -0.15) is 0 Å². The van der Waals surface area contributed by atoms with Gasteiger partial charge in [0.2, 0.25) is 5.91 Å². The van der Waals surface area contributed by atoms with Gasteiger partial charge in [0.15, 0.2) is 0 Å². The molecule has 20 heavy (non-hydrogen) atoms. The fourth-order valence-corrected chi connectivity index (χ4v) is 1.67. The number of carbonyl (C=O) groups is 2. The molecule has 1 rings (SSSR count). The van der Waals surface area contributed by atoms with Gasteiger partial charge in [0.1, 0.15) is 18.9 Å². The molecule has 0 aliphatic heterocycles. The van der Waals surface area contributed by atoms with E-state index in [0.29, 0.717) is 13.2 Å². The van der Waals surface area contributed by atoms with Gasteiger partial charge in [-0.1, -0.05) is 15.9 Å². The van der Waals surface area contributed by atoms with Crippen molar-refractivity contribution in [1.29, 1.82) is 0 Å². The van der Waals surface area contributed by atoms with Crippen LogP contribution in [0.2, 0.25) is 0 Å². The maximum atomic E-state index is 11.4. The molecule has 0 radical (unpaired) electrons. The lowest BCUT2D eigenvalue weighted by Gasteiger charge is -2.16. The number of carboxylic acids is 1. The summed E-state index contributed by atoms with van der Waals surface area (Å²) in [4.78, 5) is 23.4. The number of hydrogen-bond donors (Lipinski definition) is 2. The highest BCUT2D eigenvalue weighted by Gasteiger charge is 2.07. The smallest absolute Gasteiger partial charge is 0.322 e. The van der Waals surface area contributed by atoms with E-state index in [4.69, 9.17) is 9.84 Å². The lowest BCUT2D eigenvalue weighted by molar-refractivity contribution is -0.138. The monoisotopic (exact) mass is 344 g/mol. The summed E-state index contributed by atoms with van der Waals surface area (Å²) in [7, 11) is 1.77. The lowest BCUT2D eigenvalue weighted by Crippen LogP contribution is -2.38. The molecule has 2 N–H and O–H groups in total. The van der Waals surface area contributed by atoms with Crippen LogP contribution >= 0.6 is 15.9 Å². The van der Waals surface area contributed by atoms with E-state index < -0.39 is 5.97 Å². The van der Waals surface area contributed by atoms with Crippen LogP contribution in [0.3, 0.4) is 0 Å². The van der Waals surface area contributed by atoms with Gasteiger partial charge in [-0.3, -0.25) is 14.5 Å². The molecule has 0 atom stereocenters. The lowest BCUT2D eigenvalue weighted by atomic mass is 10.3. The molecule has 7 heteroatoms. The minimum Gasteiger partial charge on any atom is -0.492 e. The van der Waals surface area contributed by atoms with Crippen molar-refractivity contribution in [2.24, 2.45) is 0 Å². The van der Waals surface area contributed by atoms with Crippen LogP contribution in [-0.4, -0.2) is 55.2 Å². The summed E-state index contributed by atoms with van der Waals surface area (Å²) in [6, 6.07) is 7.48. The van der Waals surface area contributed by atoms with Crippen LogP contribution in [0.5, 0.6) is 5.75 Å².